The monoisotopic (exact) mass is 384 g/mol. The lowest BCUT2D eigenvalue weighted by atomic mass is 10.1. The second kappa shape index (κ2) is 7.75. The number of anilines is 1. The molecule has 0 spiro atoms. The van der Waals surface area contributed by atoms with Crippen molar-refractivity contribution in [2.24, 2.45) is 0 Å². The summed E-state index contributed by atoms with van der Waals surface area (Å²) in [5.74, 6) is -0.951. The largest absolute Gasteiger partial charge is 0.490 e. The Labute approximate surface area is 160 Å². The summed E-state index contributed by atoms with van der Waals surface area (Å²) in [4.78, 5) is 13.5. The number of ether oxygens (including phenoxy) is 1. The average Bonchev–Trinajstić information content (AvgIpc) is 3.38. The maximum absolute atomic E-state index is 13.3. The highest BCUT2D eigenvalue weighted by atomic mass is 19.2. The lowest BCUT2D eigenvalue weighted by Gasteiger charge is -2.06. The third-order valence-corrected chi connectivity index (χ3v) is 4.23. The van der Waals surface area contributed by atoms with E-state index in [0.717, 1.165) is 36.3 Å². The highest BCUT2D eigenvalue weighted by molar-refractivity contribution is 5.91. The van der Waals surface area contributed by atoms with Crippen LogP contribution in [0.15, 0.2) is 48.7 Å². The highest BCUT2D eigenvalue weighted by Gasteiger charge is 2.23. The number of hydrogen-bond acceptors (Lipinski definition) is 4. The Balaban J connectivity index is 1.31. The first kappa shape index (κ1) is 18.1. The molecular formula is C20H18F2N4O2. The summed E-state index contributed by atoms with van der Waals surface area (Å²) in [6.45, 7) is 0.162. The summed E-state index contributed by atoms with van der Waals surface area (Å²) in [5, 5.41) is 10.8. The molecule has 3 aromatic rings. The highest BCUT2D eigenvalue weighted by Crippen LogP contribution is 2.26. The first-order valence-electron chi connectivity index (χ1n) is 8.95. The van der Waals surface area contributed by atoms with Gasteiger partial charge in [0.25, 0.3) is 0 Å². The molecule has 0 bridgehead atoms. The van der Waals surface area contributed by atoms with Gasteiger partial charge < -0.3 is 10.1 Å². The number of carbonyl (C=O) groups excluding carboxylic acids is 1. The number of amides is 1. The molecule has 1 heterocycles. The molecule has 8 heteroatoms. The Hall–Kier alpha value is -3.29. The van der Waals surface area contributed by atoms with Gasteiger partial charge in [-0.3, -0.25) is 4.79 Å². The van der Waals surface area contributed by atoms with E-state index >= 15 is 0 Å². The van der Waals surface area contributed by atoms with Gasteiger partial charge in [-0.05, 0) is 48.2 Å². The van der Waals surface area contributed by atoms with Crippen molar-refractivity contribution in [2.75, 3.05) is 5.32 Å². The molecule has 0 atom stereocenters. The Bertz CT molecular complexity index is 984. The van der Waals surface area contributed by atoms with E-state index in [1.54, 1.807) is 0 Å². The van der Waals surface area contributed by atoms with E-state index in [-0.39, 0.29) is 18.9 Å². The second-order valence-corrected chi connectivity index (χ2v) is 6.69. The van der Waals surface area contributed by atoms with Crippen LogP contribution >= 0.6 is 0 Å². The van der Waals surface area contributed by atoms with Gasteiger partial charge in [0.2, 0.25) is 5.91 Å². The van der Waals surface area contributed by atoms with Crippen LogP contribution in [-0.2, 0) is 17.8 Å². The molecular weight excluding hydrogens is 366 g/mol. The van der Waals surface area contributed by atoms with E-state index in [9.17, 15) is 13.6 Å². The predicted molar refractivity (Wildman–Crippen MR) is 97.9 cm³/mol. The van der Waals surface area contributed by atoms with Gasteiger partial charge in [0.05, 0.1) is 25.3 Å². The van der Waals surface area contributed by atoms with Crippen molar-refractivity contribution in [2.45, 2.75) is 31.9 Å². The van der Waals surface area contributed by atoms with E-state index in [4.69, 9.17) is 4.74 Å². The van der Waals surface area contributed by atoms with Gasteiger partial charge >= 0.3 is 0 Å². The van der Waals surface area contributed by atoms with Gasteiger partial charge in [0.1, 0.15) is 5.75 Å². The van der Waals surface area contributed by atoms with Crippen molar-refractivity contribution in [1.29, 1.82) is 0 Å². The van der Waals surface area contributed by atoms with Crippen molar-refractivity contribution >= 4 is 11.7 Å². The number of benzene rings is 2. The zero-order valence-corrected chi connectivity index (χ0v) is 14.9. The normalized spacial score (nSPS) is 13.4. The molecule has 1 aliphatic carbocycles. The van der Waals surface area contributed by atoms with Crippen LogP contribution in [0.1, 0.15) is 24.0 Å². The molecule has 144 valence electrons. The summed E-state index contributed by atoms with van der Waals surface area (Å²) in [6.07, 6.45) is 4.13. The van der Waals surface area contributed by atoms with Gasteiger partial charge in [-0.15, -0.1) is 5.10 Å². The number of nitrogens with zero attached hydrogens (tertiary/aromatic N) is 3. The average molecular weight is 384 g/mol. The molecule has 4 rings (SSSR count). The summed E-state index contributed by atoms with van der Waals surface area (Å²) in [5.41, 5.74) is 1.37. The summed E-state index contributed by atoms with van der Waals surface area (Å²) >= 11 is 0. The van der Waals surface area contributed by atoms with Crippen molar-refractivity contribution in [3.8, 4) is 5.75 Å². The van der Waals surface area contributed by atoms with E-state index < -0.39 is 11.6 Å². The van der Waals surface area contributed by atoms with E-state index in [1.807, 2.05) is 24.3 Å². The molecule has 28 heavy (non-hydrogen) atoms. The smallest absolute Gasteiger partial charge is 0.230 e. The molecule has 0 unspecified atom stereocenters. The molecule has 1 N–H and O–H groups in total. The van der Waals surface area contributed by atoms with E-state index in [2.05, 4.69) is 15.5 Å². The molecule has 1 fully saturated rings. The van der Waals surface area contributed by atoms with Gasteiger partial charge in [-0.25, -0.2) is 8.78 Å². The zero-order valence-electron chi connectivity index (χ0n) is 14.9. The lowest BCUT2D eigenvalue weighted by molar-refractivity contribution is -0.115. The van der Waals surface area contributed by atoms with Crippen molar-refractivity contribution in [1.82, 2.24) is 15.0 Å². The maximum Gasteiger partial charge on any atom is 0.230 e. The van der Waals surface area contributed by atoms with Crippen LogP contribution in [0.5, 0.6) is 5.75 Å². The van der Waals surface area contributed by atoms with Gasteiger partial charge in [0, 0.05) is 0 Å². The molecule has 0 radical (unpaired) electrons. The summed E-state index contributed by atoms with van der Waals surface area (Å²) < 4.78 is 31.9. The summed E-state index contributed by atoms with van der Waals surface area (Å²) in [6, 6.07) is 11.0. The van der Waals surface area contributed by atoms with E-state index in [0.29, 0.717) is 17.5 Å². The van der Waals surface area contributed by atoms with Gasteiger partial charge in [-0.1, -0.05) is 18.2 Å². The third-order valence-electron chi connectivity index (χ3n) is 4.23. The molecule has 2 aromatic carbocycles. The first-order valence-corrected chi connectivity index (χ1v) is 8.95. The first-order chi connectivity index (χ1) is 13.5. The van der Waals surface area contributed by atoms with Gasteiger partial charge in [-0.2, -0.15) is 9.90 Å². The van der Waals surface area contributed by atoms with Crippen LogP contribution in [0.3, 0.4) is 0 Å². The fourth-order valence-corrected chi connectivity index (χ4v) is 2.67. The van der Waals surface area contributed by atoms with Crippen LogP contribution in [0.4, 0.5) is 14.6 Å². The molecule has 6 nitrogen and oxygen atoms in total. The molecule has 1 amide bonds. The standard InChI is InChI=1S/C20H18F2N4O2/c21-17-8-3-14(9-18(17)22)12-26-23-11-19(25-26)24-20(27)10-13-1-4-15(5-2-13)28-16-6-7-16/h1-5,8-9,11,16H,6-7,10,12H2,(H,24,25,27). The summed E-state index contributed by atoms with van der Waals surface area (Å²) in [7, 11) is 0. The number of rotatable bonds is 7. The number of hydrogen-bond donors (Lipinski definition) is 1. The Morgan fingerprint density at radius 3 is 2.57 bits per heavy atom. The van der Waals surface area contributed by atoms with Crippen molar-refractivity contribution < 1.29 is 18.3 Å². The zero-order chi connectivity index (χ0) is 19.5. The molecule has 0 aliphatic heterocycles. The number of carbonyl (C=O) groups is 1. The maximum atomic E-state index is 13.3. The minimum Gasteiger partial charge on any atom is -0.490 e. The van der Waals surface area contributed by atoms with Crippen molar-refractivity contribution in [3.05, 3.63) is 71.4 Å². The molecule has 1 saturated carbocycles. The van der Waals surface area contributed by atoms with Crippen LogP contribution in [0, 0.1) is 11.6 Å². The number of halogens is 2. The topological polar surface area (TPSA) is 69.0 Å². The minimum absolute atomic E-state index is 0.162. The Morgan fingerprint density at radius 1 is 1.11 bits per heavy atom. The van der Waals surface area contributed by atoms with Crippen LogP contribution in [0.25, 0.3) is 0 Å². The molecule has 1 aromatic heterocycles. The number of aromatic nitrogens is 3. The minimum atomic E-state index is -0.924. The van der Waals surface area contributed by atoms with E-state index in [1.165, 1.54) is 17.1 Å². The lowest BCUT2D eigenvalue weighted by Crippen LogP contribution is -2.15. The predicted octanol–water partition coefficient (Wildman–Crippen LogP) is 3.33. The van der Waals surface area contributed by atoms with Crippen molar-refractivity contribution in [3.63, 3.8) is 0 Å². The van der Waals surface area contributed by atoms with Crippen LogP contribution < -0.4 is 10.1 Å². The quantitative estimate of drug-likeness (QED) is 0.679. The Kier molecular flexibility index (Phi) is 5.01. The second-order valence-electron chi connectivity index (χ2n) is 6.69. The van der Waals surface area contributed by atoms with Crippen LogP contribution in [-0.4, -0.2) is 27.0 Å². The van der Waals surface area contributed by atoms with Crippen LogP contribution in [0.2, 0.25) is 0 Å². The molecule has 0 saturated heterocycles. The fourth-order valence-electron chi connectivity index (χ4n) is 2.67. The SMILES string of the molecule is O=C(Cc1ccc(OC2CC2)cc1)Nc1cnn(Cc2ccc(F)c(F)c2)n1. The third kappa shape index (κ3) is 4.70. The number of nitrogens with one attached hydrogen (secondary N) is 1. The van der Waals surface area contributed by atoms with Gasteiger partial charge in [0.15, 0.2) is 17.5 Å². The molecule has 1 aliphatic rings. The fraction of sp³-hybridized carbons (Fsp3) is 0.250. The Morgan fingerprint density at radius 2 is 1.86 bits per heavy atom.